The van der Waals surface area contributed by atoms with Gasteiger partial charge in [-0.2, -0.15) is 0 Å². The second kappa shape index (κ2) is 9.20. The van der Waals surface area contributed by atoms with Gasteiger partial charge in [0.25, 0.3) is 0 Å². The first kappa shape index (κ1) is 19.7. The van der Waals surface area contributed by atoms with Crippen molar-refractivity contribution >= 4 is 6.03 Å². The van der Waals surface area contributed by atoms with Crippen LogP contribution >= 0.6 is 0 Å². The topological polar surface area (TPSA) is 72.8 Å². The van der Waals surface area contributed by atoms with Gasteiger partial charge >= 0.3 is 6.03 Å². The summed E-state index contributed by atoms with van der Waals surface area (Å²) in [4.78, 5) is 14.3. The number of likely N-dealkylation sites (tertiary alicyclic amines) is 1. The molecule has 2 rings (SSSR count). The molecule has 2 atom stereocenters. The van der Waals surface area contributed by atoms with E-state index >= 15 is 0 Å². The summed E-state index contributed by atoms with van der Waals surface area (Å²) in [5.74, 6) is 0.0992. The fraction of sp³-hybridized carbons (Fsp3) is 0.650. The third kappa shape index (κ3) is 5.44. The molecule has 1 heterocycles. The monoisotopic (exact) mass is 348 g/mol. The normalized spacial score (nSPS) is 19.3. The van der Waals surface area contributed by atoms with Crippen LogP contribution in [0.5, 0.6) is 0 Å². The number of urea groups is 1. The van der Waals surface area contributed by atoms with Crippen molar-refractivity contribution in [3.8, 4) is 0 Å². The van der Waals surface area contributed by atoms with Crippen LogP contribution in [0.4, 0.5) is 4.79 Å². The van der Waals surface area contributed by atoms with Gasteiger partial charge in [-0.15, -0.1) is 0 Å². The first-order valence-corrected chi connectivity index (χ1v) is 9.36. The van der Waals surface area contributed by atoms with Gasteiger partial charge in [0.2, 0.25) is 0 Å². The molecule has 140 valence electrons. The Hall–Kier alpha value is -1.59. The molecule has 5 heteroatoms. The molecule has 1 aliphatic heterocycles. The maximum atomic E-state index is 12.5. The van der Waals surface area contributed by atoms with Crippen molar-refractivity contribution in [1.29, 1.82) is 0 Å². The maximum Gasteiger partial charge on any atom is 0.317 e. The van der Waals surface area contributed by atoms with E-state index in [1.54, 1.807) is 6.92 Å². The van der Waals surface area contributed by atoms with E-state index in [9.17, 15) is 15.0 Å². The molecule has 2 unspecified atom stereocenters. The lowest BCUT2D eigenvalue weighted by Gasteiger charge is -2.40. The van der Waals surface area contributed by atoms with E-state index in [-0.39, 0.29) is 24.0 Å². The van der Waals surface area contributed by atoms with E-state index in [1.807, 2.05) is 35.2 Å². The summed E-state index contributed by atoms with van der Waals surface area (Å²) in [6, 6.07) is 9.96. The molecule has 1 aliphatic rings. The van der Waals surface area contributed by atoms with Gasteiger partial charge in [-0.3, -0.25) is 0 Å². The van der Waals surface area contributed by atoms with Crippen molar-refractivity contribution in [2.75, 3.05) is 26.2 Å². The predicted molar refractivity (Wildman–Crippen MR) is 99.5 cm³/mol. The lowest BCUT2D eigenvalue weighted by Crippen LogP contribution is -2.48. The van der Waals surface area contributed by atoms with E-state index in [0.29, 0.717) is 26.1 Å². The first-order chi connectivity index (χ1) is 12.0. The van der Waals surface area contributed by atoms with Crippen LogP contribution in [-0.4, -0.2) is 53.5 Å². The Labute approximate surface area is 151 Å². The summed E-state index contributed by atoms with van der Waals surface area (Å²) in [6.45, 7) is 5.97. The number of nitrogens with one attached hydrogen (secondary N) is 1. The lowest BCUT2D eigenvalue weighted by atomic mass is 9.77. The summed E-state index contributed by atoms with van der Waals surface area (Å²) >= 11 is 0. The van der Waals surface area contributed by atoms with E-state index in [1.165, 1.54) is 0 Å². The predicted octanol–water partition coefficient (Wildman–Crippen LogP) is 2.74. The first-order valence-electron chi connectivity index (χ1n) is 9.36. The summed E-state index contributed by atoms with van der Waals surface area (Å²) < 4.78 is 0. The van der Waals surface area contributed by atoms with Crippen molar-refractivity contribution in [3.05, 3.63) is 35.9 Å². The Morgan fingerprint density at radius 3 is 2.44 bits per heavy atom. The van der Waals surface area contributed by atoms with Crippen molar-refractivity contribution < 1.29 is 15.0 Å². The molecule has 0 radical (unpaired) electrons. The Kier molecular flexibility index (Phi) is 7.26. The standard InChI is InChI=1S/C20H32N2O3/c1-3-20(15-23)9-11-22(12-10-20)19(25)21-14-18(13-16(2)24)17-7-5-4-6-8-17/h4-8,16,18,23-24H,3,9-15H2,1-2H3,(H,21,25). The zero-order valence-corrected chi connectivity index (χ0v) is 15.4. The summed E-state index contributed by atoms with van der Waals surface area (Å²) in [7, 11) is 0. The van der Waals surface area contributed by atoms with E-state index in [4.69, 9.17) is 0 Å². The third-order valence-corrected chi connectivity index (χ3v) is 5.59. The highest BCUT2D eigenvalue weighted by atomic mass is 16.3. The van der Waals surface area contributed by atoms with E-state index in [0.717, 1.165) is 24.8 Å². The van der Waals surface area contributed by atoms with E-state index in [2.05, 4.69) is 12.2 Å². The molecule has 3 N–H and O–H groups in total. The molecule has 0 aromatic heterocycles. The van der Waals surface area contributed by atoms with Crippen LogP contribution in [0.25, 0.3) is 0 Å². The van der Waals surface area contributed by atoms with Crippen LogP contribution in [0.3, 0.4) is 0 Å². The van der Waals surface area contributed by atoms with Crippen molar-refractivity contribution in [2.24, 2.45) is 5.41 Å². The van der Waals surface area contributed by atoms with Gasteiger partial charge in [-0.05, 0) is 43.6 Å². The highest BCUT2D eigenvalue weighted by Gasteiger charge is 2.33. The summed E-state index contributed by atoms with van der Waals surface area (Å²) in [5, 5.41) is 22.4. The van der Waals surface area contributed by atoms with Gasteiger partial charge in [0.05, 0.1) is 6.10 Å². The Bertz CT molecular complexity index is 519. The number of aliphatic hydroxyl groups excluding tert-OH is 2. The summed E-state index contributed by atoms with van der Waals surface area (Å²) in [5.41, 5.74) is 1.11. The highest BCUT2D eigenvalue weighted by Crippen LogP contribution is 2.34. The second-order valence-electron chi connectivity index (χ2n) is 7.38. The van der Waals surface area contributed by atoms with Crippen LogP contribution in [-0.2, 0) is 0 Å². The van der Waals surface area contributed by atoms with Gasteiger partial charge in [-0.25, -0.2) is 4.79 Å². The molecule has 1 aromatic carbocycles. The minimum atomic E-state index is -0.410. The molecule has 1 saturated heterocycles. The molecule has 25 heavy (non-hydrogen) atoms. The molecular weight excluding hydrogens is 316 g/mol. The zero-order chi connectivity index (χ0) is 18.3. The smallest absolute Gasteiger partial charge is 0.317 e. The molecule has 2 amide bonds. The largest absolute Gasteiger partial charge is 0.396 e. The number of hydrogen-bond donors (Lipinski definition) is 3. The van der Waals surface area contributed by atoms with Gasteiger partial charge in [0.15, 0.2) is 0 Å². The lowest BCUT2D eigenvalue weighted by molar-refractivity contribution is 0.0518. The zero-order valence-electron chi connectivity index (χ0n) is 15.4. The molecule has 1 fully saturated rings. The van der Waals surface area contributed by atoms with Crippen molar-refractivity contribution in [3.63, 3.8) is 0 Å². The fourth-order valence-corrected chi connectivity index (χ4v) is 3.60. The molecule has 5 nitrogen and oxygen atoms in total. The number of piperidine rings is 1. The molecule has 0 bridgehead atoms. The van der Waals surface area contributed by atoms with Crippen LogP contribution in [0, 0.1) is 5.41 Å². The Morgan fingerprint density at radius 2 is 1.92 bits per heavy atom. The number of hydrogen-bond acceptors (Lipinski definition) is 3. The molecule has 0 spiro atoms. The van der Waals surface area contributed by atoms with Crippen molar-refractivity contribution in [1.82, 2.24) is 10.2 Å². The molecular formula is C20H32N2O3. The number of nitrogens with zero attached hydrogens (tertiary/aromatic N) is 1. The molecule has 0 saturated carbocycles. The quantitative estimate of drug-likeness (QED) is 0.709. The van der Waals surface area contributed by atoms with Gasteiger partial charge in [0, 0.05) is 32.2 Å². The van der Waals surface area contributed by atoms with E-state index < -0.39 is 6.10 Å². The number of aliphatic hydroxyl groups is 2. The average molecular weight is 348 g/mol. The highest BCUT2D eigenvalue weighted by molar-refractivity contribution is 5.74. The Balaban J connectivity index is 1.89. The molecule has 0 aliphatic carbocycles. The minimum Gasteiger partial charge on any atom is -0.396 e. The van der Waals surface area contributed by atoms with Gasteiger partial charge in [0.1, 0.15) is 0 Å². The number of rotatable bonds is 7. The third-order valence-electron chi connectivity index (χ3n) is 5.59. The van der Waals surface area contributed by atoms with Crippen LogP contribution in [0.15, 0.2) is 30.3 Å². The van der Waals surface area contributed by atoms with Gasteiger partial charge < -0.3 is 20.4 Å². The molecule has 1 aromatic rings. The summed E-state index contributed by atoms with van der Waals surface area (Å²) in [6.07, 6.45) is 2.86. The van der Waals surface area contributed by atoms with Crippen LogP contribution in [0.1, 0.15) is 51.0 Å². The number of carbonyl (C=O) groups is 1. The van der Waals surface area contributed by atoms with Crippen LogP contribution < -0.4 is 5.32 Å². The maximum absolute atomic E-state index is 12.5. The SMILES string of the molecule is CCC1(CO)CCN(C(=O)NCC(CC(C)O)c2ccccc2)CC1. The van der Waals surface area contributed by atoms with Gasteiger partial charge in [-0.1, -0.05) is 37.3 Å². The van der Waals surface area contributed by atoms with Crippen LogP contribution in [0.2, 0.25) is 0 Å². The second-order valence-corrected chi connectivity index (χ2v) is 7.38. The minimum absolute atomic E-state index is 0.0182. The number of benzene rings is 1. The van der Waals surface area contributed by atoms with Crippen molar-refractivity contribution in [2.45, 2.75) is 51.6 Å². The number of carbonyl (C=O) groups excluding carboxylic acids is 1. The average Bonchev–Trinajstić information content (AvgIpc) is 2.65. The fourth-order valence-electron chi connectivity index (χ4n) is 3.60. The Morgan fingerprint density at radius 1 is 1.28 bits per heavy atom. The number of amides is 2.